The molecular formula is C11H15BrN2. The Balaban J connectivity index is 2.33. The summed E-state index contributed by atoms with van der Waals surface area (Å²) in [7, 11) is 0. The maximum Gasteiger partial charge on any atom is 0.0175 e. The van der Waals surface area contributed by atoms with Gasteiger partial charge in [0, 0.05) is 24.1 Å². The fraction of sp³-hybridized carbons (Fsp3) is 0.273. The SMILES string of the molecule is NCCNCC=Cc1ccc(Br)cc1. The second kappa shape index (κ2) is 6.76. The van der Waals surface area contributed by atoms with Crippen molar-refractivity contribution in [2.75, 3.05) is 19.6 Å². The fourth-order valence-electron chi connectivity index (χ4n) is 1.06. The minimum absolute atomic E-state index is 0.687. The lowest BCUT2D eigenvalue weighted by Gasteiger charge is -1.97. The molecule has 0 aliphatic carbocycles. The van der Waals surface area contributed by atoms with Gasteiger partial charge in [0.2, 0.25) is 0 Å². The molecule has 0 saturated heterocycles. The normalized spacial score (nSPS) is 11.0. The van der Waals surface area contributed by atoms with Crippen molar-refractivity contribution >= 4 is 22.0 Å². The zero-order chi connectivity index (χ0) is 10.2. The Bertz CT molecular complexity index is 280. The van der Waals surface area contributed by atoms with Crippen molar-refractivity contribution in [1.82, 2.24) is 5.32 Å². The largest absolute Gasteiger partial charge is 0.329 e. The summed E-state index contributed by atoms with van der Waals surface area (Å²) in [5.74, 6) is 0. The average molecular weight is 255 g/mol. The van der Waals surface area contributed by atoms with Crippen LogP contribution in [0, 0.1) is 0 Å². The van der Waals surface area contributed by atoms with Crippen LogP contribution in [0.4, 0.5) is 0 Å². The molecule has 1 aromatic rings. The number of nitrogens with two attached hydrogens (primary N) is 1. The third-order valence-electron chi connectivity index (χ3n) is 1.76. The van der Waals surface area contributed by atoms with Crippen molar-refractivity contribution in [2.24, 2.45) is 5.73 Å². The lowest BCUT2D eigenvalue weighted by atomic mass is 10.2. The molecule has 1 aromatic carbocycles. The molecule has 0 fully saturated rings. The maximum absolute atomic E-state index is 5.35. The summed E-state index contributed by atoms with van der Waals surface area (Å²) in [6, 6.07) is 8.22. The zero-order valence-electron chi connectivity index (χ0n) is 8.04. The monoisotopic (exact) mass is 254 g/mol. The van der Waals surface area contributed by atoms with E-state index >= 15 is 0 Å². The van der Waals surface area contributed by atoms with Crippen LogP contribution in [0.1, 0.15) is 5.56 Å². The summed E-state index contributed by atoms with van der Waals surface area (Å²) >= 11 is 3.40. The van der Waals surface area contributed by atoms with E-state index in [0.29, 0.717) is 6.54 Å². The summed E-state index contributed by atoms with van der Waals surface area (Å²) in [5, 5.41) is 3.20. The van der Waals surface area contributed by atoms with E-state index in [2.05, 4.69) is 45.5 Å². The average Bonchev–Trinajstić information content (AvgIpc) is 2.21. The van der Waals surface area contributed by atoms with E-state index in [1.165, 1.54) is 5.56 Å². The molecule has 0 saturated carbocycles. The Morgan fingerprint density at radius 1 is 1.29 bits per heavy atom. The Kier molecular flexibility index (Phi) is 5.52. The van der Waals surface area contributed by atoms with Crippen molar-refractivity contribution < 1.29 is 0 Å². The van der Waals surface area contributed by atoms with Gasteiger partial charge in [-0.3, -0.25) is 0 Å². The molecule has 14 heavy (non-hydrogen) atoms. The maximum atomic E-state index is 5.35. The highest BCUT2D eigenvalue weighted by atomic mass is 79.9. The van der Waals surface area contributed by atoms with Crippen LogP contribution in [-0.4, -0.2) is 19.6 Å². The van der Waals surface area contributed by atoms with E-state index in [-0.39, 0.29) is 0 Å². The summed E-state index contributed by atoms with van der Waals surface area (Å²) < 4.78 is 1.11. The van der Waals surface area contributed by atoms with Crippen LogP contribution in [0.25, 0.3) is 6.08 Å². The molecule has 0 atom stereocenters. The van der Waals surface area contributed by atoms with Crippen molar-refractivity contribution in [3.63, 3.8) is 0 Å². The lowest BCUT2D eigenvalue weighted by molar-refractivity contribution is 0.755. The molecular weight excluding hydrogens is 240 g/mol. The zero-order valence-corrected chi connectivity index (χ0v) is 9.63. The Hall–Kier alpha value is -0.640. The molecule has 0 aliphatic heterocycles. The molecule has 0 heterocycles. The van der Waals surface area contributed by atoms with Crippen molar-refractivity contribution in [3.05, 3.63) is 40.4 Å². The smallest absolute Gasteiger partial charge is 0.0175 e. The summed E-state index contributed by atoms with van der Waals surface area (Å²) in [6.45, 7) is 2.42. The van der Waals surface area contributed by atoms with E-state index < -0.39 is 0 Å². The van der Waals surface area contributed by atoms with Gasteiger partial charge in [0.05, 0.1) is 0 Å². The third-order valence-corrected chi connectivity index (χ3v) is 2.29. The molecule has 1 rings (SSSR count). The quantitative estimate of drug-likeness (QED) is 0.790. The van der Waals surface area contributed by atoms with E-state index in [1.807, 2.05) is 12.1 Å². The van der Waals surface area contributed by atoms with Gasteiger partial charge in [-0.05, 0) is 17.7 Å². The number of nitrogens with one attached hydrogen (secondary N) is 1. The minimum Gasteiger partial charge on any atom is -0.329 e. The van der Waals surface area contributed by atoms with Gasteiger partial charge in [-0.25, -0.2) is 0 Å². The predicted octanol–water partition coefficient (Wildman–Crippen LogP) is 2.01. The fourth-order valence-corrected chi connectivity index (χ4v) is 1.32. The van der Waals surface area contributed by atoms with Crippen molar-refractivity contribution in [2.45, 2.75) is 0 Å². The number of hydrogen-bond donors (Lipinski definition) is 2. The molecule has 0 aromatic heterocycles. The van der Waals surface area contributed by atoms with Crippen molar-refractivity contribution in [3.8, 4) is 0 Å². The Labute approximate surface area is 93.3 Å². The highest BCUT2D eigenvalue weighted by Gasteiger charge is 1.86. The molecule has 76 valence electrons. The molecule has 2 nitrogen and oxygen atoms in total. The first kappa shape index (κ1) is 11.4. The molecule has 0 radical (unpaired) electrons. The molecule has 3 N–H and O–H groups in total. The molecule has 0 aliphatic rings. The van der Waals surface area contributed by atoms with Gasteiger partial charge >= 0.3 is 0 Å². The second-order valence-electron chi connectivity index (χ2n) is 2.95. The van der Waals surface area contributed by atoms with E-state index in [0.717, 1.165) is 17.6 Å². The second-order valence-corrected chi connectivity index (χ2v) is 3.86. The van der Waals surface area contributed by atoms with Crippen LogP contribution >= 0.6 is 15.9 Å². The van der Waals surface area contributed by atoms with Gasteiger partial charge in [0.25, 0.3) is 0 Å². The highest BCUT2D eigenvalue weighted by molar-refractivity contribution is 9.10. The van der Waals surface area contributed by atoms with Gasteiger partial charge < -0.3 is 11.1 Å². The van der Waals surface area contributed by atoms with Gasteiger partial charge in [-0.1, -0.05) is 40.2 Å². The van der Waals surface area contributed by atoms with Crippen molar-refractivity contribution in [1.29, 1.82) is 0 Å². The highest BCUT2D eigenvalue weighted by Crippen LogP contribution is 2.11. The lowest BCUT2D eigenvalue weighted by Crippen LogP contribution is -2.22. The molecule has 0 spiro atoms. The number of rotatable bonds is 5. The minimum atomic E-state index is 0.687. The van der Waals surface area contributed by atoms with E-state index in [1.54, 1.807) is 0 Å². The first-order valence-electron chi connectivity index (χ1n) is 4.66. The number of benzene rings is 1. The van der Waals surface area contributed by atoms with Gasteiger partial charge in [-0.15, -0.1) is 0 Å². The standard InChI is InChI=1S/C11H15BrN2/c12-11-5-3-10(4-6-11)2-1-8-14-9-7-13/h1-6,14H,7-9,13H2. The van der Waals surface area contributed by atoms with E-state index in [4.69, 9.17) is 5.73 Å². The van der Waals surface area contributed by atoms with Crippen LogP contribution in [0.2, 0.25) is 0 Å². The van der Waals surface area contributed by atoms with Crippen LogP contribution in [0.3, 0.4) is 0 Å². The summed E-state index contributed by atoms with van der Waals surface area (Å²) in [6.07, 6.45) is 4.19. The molecule has 3 heteroatoms. The summed E-state index contributed by atoms with van der Waals surface area (Å²) in [4.78, 5) is 0. The third kappa shape index (κ3) is 4.56. The first-order chi connectivity index (χ1) is 6.83. The van der Waals surface area contributed by atoms with Crippen LogP contribution in [-0.2, 0) is 0 Å². The van der Waals surface area contributed by atoms with Crippen LogP contribution in [0.5, 0.6) is 0 Å². The Morgan fingerprint density at radius 3 is 2.64 bits per heavy atom. The number of hydrogen-bond acceptors (Lipinski definition) is 2. The molecule has 0 amide bonds. The Morgan fingerprint density at radius 2 is 2.00 bits per heavy atom. The van der Waals surface area contributed by atoms with Crippen LogP contribution < -0.4 is 11.1 Å². The molecule has 0 unspecified atom stereocenters. The predicted molar refractivity (Wildman–Crippen MR) is 65.1 cm³/mol. The first-order valence-corrected chi connectivity index (χ1v) is 5.45. The molecule has 0 bridgehead atoms. The van der Waals surface area contributed by atoms with Gasteiger partial charge in [0.15, 0.2) is 0 Å². The van der Waals surface area contributed by atoms with Crippen LogP contribution in [0.15, 0.2) is 34.8 Å². The summed E-state index contributed by atoms with van der Waals surface area (Å²) in [5.41, 5.74) is 6.56. The van der Waals surface area contributed by atoms with Gasteiger partial charge in [-0.2, -0.15) is 0 Å². The topological polar surface area (TPSA) is 38.0 Å². The van der Waals surface area contributed by atoms with E-state index in [9.17, 15) is 0 Å². The number of halogens is 1. The van der Waals surface area contributed by atoms with Gasteiger partial charge in [0.1, 0.15) is 0 Å².